The highest BCUT2D eigenvalue weighted by atomic mass is 16.5. The summed E-state index contributed by atoms with van der Waals surface area (Å²) in [6.07, 6.45) is 6.03. The number of nitrogens with zero attached hydrogens (tertiary/aromatic N) is 1. The van der Waals surface area contributed by atoms with Gasteiger partial charge in [-0.3, -0.25) is 9.69 Å². The Kier molecular flexibility index (Phi) is 5.38. The third-order valence-corrected chi connectivity index (χ3v) is 4.95. The van der Waals surface area contributed by atoms with Gasteiger partial charge in [-0.05, 0) is 26.0 Å². The van der Waals surface area contributed by atoms with E-state index in [1.165, 1.54) is 26.4 Å². The Morgan fingerprint density at radius 2 is 1.96 bits per heavy atom. The van der Waals surface area contributed by atoms with E-state index >= 15 is 0 Å². The molecular weight excluding hydrogens is 318 g/mol. The third-order valence-electron chi connectivity index (χ3n) is 4.95. The molecule has 1 aromatic carbocycles. The van der Waals surface area contributed by atoms with Crippen LogP contribution in [0.4, 0.5) is 5.69 Å². The van der Waals surface area contributed by atoms with Crippen LogP contribution in [0.15, 0.2) is 24.3 Å². The van der Waals surface area contributed by atoms with Gasteiger partial charge in [0.1, 0.15) is 5.69 Å². The Balaban J connectivity index is 1.77. The lowest BCUT2D eigenvalue weighted by atomic mass is 9.94. The van der Waals surface area contributed by atoms with Gasteiger partial charge >= 0.3 is 5.97 Å². The van der Waals surface area contributed by atoms with Crippen molar-refractivity contribution in [3.8, 4) is 0 Å². The van der Waals surface area contributed by atoms with Crippen LogP contribution in [0, 0.1) is 0 Å². The molecule has 1 amide bonds. The van der Waals surface area contributed by atoms with E-state index in [1.807, 2.05) is 31.3 Å². The van der Waals surface area contributed by atoms with Gasteiger partial charge in [0.05, 0.1) is 19.3 Å². The van der Waals surface area contributed by atoms with Crippen molar-refractivity contribution in [3.05, 3.63) is 30.0 Å². The van der Waals surface area contributed by atoms with Crippen LogP contribution in [-0.4, -0.2) is 48.5 Å². The fourth-order valence-electron chi connectivity index (χ4n) is 3.58. The van der Waals surface area contributed by atoms with Gasteiger partial charge in [0.15, 0.2) is 0 Å². The summed E-state index contributed by atoms with van der Waals surface area (Å²) in [5.74, 6) is -0.616. The smallest absolute Gasteiger partial charge is 0.356 e. The molecule has 1 aliphatic rings. The molecule has 0 radical (unpaired) electrons. The van der Waals surface area contributed by atoms with Crippen molar-refractivity contribution >= 4 is 28.5 Å². The van der Waals surface area contributed by atoms with Crippen LogP contribution in [0.25, 0.3) is 10.9 Å². The molecule has 0 aliphatic heterocycles. The number of hydrogen-bond donors (Lipinski definition) is 2. The Hall–Kier alpha value is -2.34. The quantitative estimate of drug-likeness (QED) is 0.818. The average molecular weight is 343 g/mol. The molecule has 0 spiro atoms. The molecule has 6 nitrogen and oxygen atoms in total. The highest BCUT2D eigenvalue weighted by Gasteiger charge is 2.23. The average Bonchev–Trinajstić information content (AvgIpc) is 3.00. The normalized spacial score (nSPS) is 15.5. The fourth-order valence-corrected chi connectivity index (χ4v) is 3.58. The molecule has 1 fully saturated rings. The number of para-hydroxylation sites is 1. The first-order chi connectivity index (χ1) is 12.1. The number of aromatic nitrogens is 1. The maximum atomic E-state index is 12.6. The van der Waals surface area contributed by atoms with Crippen molar-refractivity contribution in [3.63, 3.8) is 0 Å². The van der Waals surface area contributed by atoms with Crippen molar-refractivity contribution in [2.45, 2.75) is 38.1 Å². The molecule has 0 unspecified atom stereocenters. The summed E-state index contributed by atoms with van der Waals surface area (Å²) in [5, 5.41) is 3.71. The number of benzene rings is 1. The maximum absolute atomic E-state index is 12.6. The number of H-pyrrole nitrogens is 1. The number of rotatable bonds is 5. The summed E-state index contributed by atoms with van der Waals surface area (Å²) in [6, 6.07) is 7.95. The molecule has 0 atom stereocenters. The topological polar surface area (TPSA) is 74.4 Å². The first-order valence-electron chi connectivity index (χ1n) is 8.79. The molecule has 0 bridgehead atoms. The highest BCUT2D eigenvalue weighted by Crippen LogP contribution is 2.28. The number of amides is 1. The molecule has 1 aliphatic carbocycles. The van der Waals surface area contributed by atoms with E-state index in [-0.39, 0.29) is 11.6 Å². The van der Waals surface area contributed by atoms with Crippen molar-refractivity contribution in [1.82, 2.24) is 9.88 Å². The lowest BCUT2D eigenvalue weighted by molar-refractivity contribution is -0.117. The van der Waals surface area contributed by atoms with Gasteiger partial charge < -0.3 is 15.0 Å². The number of carbonyl (C=O) groups excluding carboxylic acids is 2. The Morgan fingerprint density at radius 1 is 1.24 bits per heavy atom. The number of hydrogen-bond acceptors (Lipinski definition) is 4. The first-order valence-corrected chi connectivity index (χ1v) is 8.79. The third kappa shape index (κ3) is 3.85. The van der Waals surface area contributed by atoms with Crippen LogP contribution in [0.1, 0.15) is 42.6 Å². The summed E-state index contributed by atoms with van der Waals surface area (Å²) in [6.45, 7) is 0.310. The van der Waals surface area contributed by atoms with E-state index < -0.39 is 5.97 Å². The fraction of sp³-hybridized carbons (Fsp3) is 0.474. The van der Waals surface area contributed by atoms with E-state index in [4.69, 9.17) is 4.74 Å². The van der Waals surface area contributed by atoms with Gasteiger partial charge in [-0.15, -0.1) is 0 Å². The standard InChI is InChI=1S/C19H25N3O3/c1-22(13-8-4-3-5-9-13)12-16(23)21-17-14-10-6-7-11-15(14)20-18(17)19(24)25-2/h6-7,10-11,13,20H,3-5,8-9,12H2,1-2H3,(H,21,23). The first kappa shape index (κ1) is 17.5. The predicted molar refractivity (Wildman–Crippen MR) is 97.8 cm³/mol. The van der Waals surface area contributed by atoms with E-state index in [0.717, 1.165) is 23.7 Å². The largest absolute Gasteiger partial charge is 0.464 e. The molecule has 0 saturated heterocycles. The molecule has 25 heavy (non-hydrogen) atoms. The summed E-state index contributed by atoms with van der Waals surface area (Å²) in [5.41, 5.74) is 1.56. The molecule has 6 heteroatoms. The number of aromatic amines is 1. The van der Waals surface area contributed by atoms with E-state index in [1.54, 1.807) is 0 Å². The molecule has 1 aromatic heterocycles. The lowest BCUT2D eigenvalue weighted by Crippen LogP contribution is -2.39. The minimum atomic E-state index is -0.493. The Morgan fingerprint density at radius 3 is 2.68 bits per heavy atom. The van der Waals surface area contributed by atoms with E-state index in [2.05, 4.69) is 15.2 Å². The molecular formula is C19H25N3O3. The highest BCUT2D eigenvalue weighted by molar-refractivity contribution is 6.11. The van der Waals surface area contributed by atoms with Crippen LogP contribution in [0.3, 0.4) is 0 Å². The number of nitrogens with one attached hydrogen (secondary N) is 2. The monoisotopic (exact) mass is 343 g/mol. The van der Waals surface area contributed by atoms with E-state index in [0.29, 0.717) is 18.3 Å². The van der Waals surface area contributed by atoms with Crippen LogP contribution in [0.5, 0.6) is 0 Å². The van der Waals surface area contributed by atoms with Crippen molar-refractivity contribution in [2.24, 2.45) is 0 Å². The summed E-state index contributed by atoms with van der Waals surface area (Å²) >= 11 is 0. The molecule has 134 valence electrons. The van der Waals surface area contributed by atoms with Gasteiger partial charge in [-0.1, -0.05) is 37.5 Å². The Bertz CT molecular complexity index is 762. The maximum Gasteiger partial charge on any atom is 0.356 e. The van der Waals surface area contributed by atoms with Gasteiger partial charge in [-0.25, -0.2) is 4.79 Å². The molecule has 1 saturated carbocycles. The molecule has 1 heterocycles. The SMILES string of the molecule is COC(=O)c1[nH]c2ccccc2c1NC(=O)CN(C)C1CCCCC1. The summed E-state index contributed by atoms with van der Waals surface area (Å²) in [4.78, 5) is 29.7. The van der Waals surface area contributed by atoms with Crippen molar-refractivity contribution < 1.29 is 14.3 Å². The number of esters is 1. The van der Waals surface area contributed by atoms with E-state index in [9.17, 15) is 9.59 Å². The van der Waals surface area contributed by atoms with Crippen molar-refractivity contribution in [1.29, 1.82) is 0 Å². The minimum absolute atomic E-state index is 0.122. The Labute approximate surface area is 147 Å². The van der Waals surface area contributed by atoms with Crippen LogP contribution in [0.2, 0.25) is 0 Å². The second kappa shape index (κ2) is 7.70. The molecule has 2 aromatic rings. The van der Waals surface area contributed by atoms with Crippen LogP contribution >= 0.6 is 0 Å². The summed E-state index contributed by atoms with van der Waals surface area (Å²) < 4.78 is 4.83. The zero-order valence-electron chi connectivity index (χ0n) is 14.8. The summed E-state index contributed by atoms with van der Waals surface area (Å²) in [7, 11) is 3.32. The van der Waals surface area contributed by atoms with Gasteiger partial charge in [0, 0.05) is 16.9 Å². The number of methoxy groups -OCH3 is 1. The predicted octanol–water partition coefficient (Wildman–Crippen LogP) is 3.16. The van der Waals surface area contributed by atoms with Gasteiger partial charge in [0.2, 0.25) is 5.91 Å². The van der Waals surface area contributed by atoms with Crippen molar-refractivity contribution in [2.75, 3.05) is 26.0 Å². The zero-order chi connectivity index (χ0) is 17.8. The number of fused-ring (bicyclic) bond motifs is 1. The van der Waals surface area contributed by atoms with Crippen LogP contribution < -0.4 is 5.32 Å². The van der Waals surface area contributed by atoms with Gasteiger partial charge in [0.25, 0.3) is 0 Å². The second-order valence-electron chi connectivity index (χ2n) is 6.67. The number of likely N-dealkylation sites (N-methyl/N-ethyl adjacent to an activating group) is 1. The minimum Gasteiger partial charge on any atom is -0.464 e. The number of anilines is 1. The van der Waals surface area contributed by atoms with Crippen LogP contribution in [-0.2, 0) is 9.53 Å². The van der Waals surface area contributed by atoms with Gasteiger partial charge in [-0.2, -0.15) is 0 Å². The zero-order valence-corrected chi connectivity index (χ0v) is 14.8. The second-order valence-corrected chi connectivity index (χ2v) is 6.67. The number of ether oxygens (including phenoxy) is 1. The lowest BCUT2D eigenvalue weighted by Gasteiger charge is -2.30. The molecule has 2 N–H and O–H groups in total. The molecule has 3 rings (SSSR count). The number of carbonyl (C=O) groups is 2.